The average Bonchev–Trinajstić information content (AvgIpc) is 3.25. The van der Waals surface area contributed by atoms with Crippen molar-refractivity contribution >= 4 is 39.5 Å². The summed E-state index contributed by atoms with van der Waals surface area (Å²) in [4.78, 5) is 72.7. The fourth-order valence-electron chi connectivity index (χ4n) is 10.8. The molecule has 0 saturated heterocycles. The maximum atomic E-state index is 13.1. The molecule has 0 aromatic carbocycles. The summed E-state index contributed by atoms with van der Waals surface area (Å²) in [5.74, 6) is -1.40. The topological polar surface area (TPSA) is 237 Å². The van der Waals surface area contributed by atoms with Gasteiger partial charge in [-0.15, -0.1) is 0 Å². The van der Waals surface area contributed by atoms with Gasteiger partial charge in [0.25, 0.3) is 0 Å². The second-order valence-electron chi connectivity index (χ2n) is 26.5. The number of carbonyl (C=O) groups excluding carboxylic acids is 4. The summed E-state index contributed by atoms with van der Waals surface area (Å²) >= 11 is 0. The van der Waals surface area contributed by atoms with Crippen molar-refractivity contribution in [2.45, 2.75) is 380 Å². The zero-order valence-corrected chi connectivity index (χ0v) is 61.7. The number of phosphoric ester groups is 2. The highest BCUT2D eigenvalue weighted by molar-refractivity contribution is 7.47. The molecule has 0 aliphatic rings. The summed E-state index contributed by atoms with van der Waals surface area (Å²) in [5.41, 5.74) is 0. The first-order valence-corrected chi connectivity index (χ1v) is 40.9. The third kappa shape index (κ3) is 67.9. The predicted octanol–water partition coefficient (Wildman–Crippen LogP) is 21.2. The van der Waals surface area contributed by atoms with Gasteiger partial charge in [-0.2, -0.15) is 0 Å². The Kier molecular flexibility index (Phi) is 65.0. The molecule has 0 aliphatic carbocycles. The number of ether oxygens (including phenoxy) is 4. The summed E-state index contributed by atoms with van der Waals surface area (Å²) in [6.45, 7) is 7.20. The Morgan fingerprint density at radius 1 is 0.333 bits per heavy atom. The van der Waals surface area contributed by atoms with E-state index in [4.69, 9.17) is 37.0 Å². The van der Waals surface area contributed by atoms with Crippen LogP contribution in [0.4, 0.5) is 0 Å². The molecule has 0 aromatic rings. The van der Waals surface area contributed by atoms with Crippen LogP contribution in [0.1, 0.15) is 362 Å². The van der Waals surface area contributed by atoms with Crippen LogP contribution in [-0.4, -0.2) is 96.7 Å². The van der Waals surface area contributed by atoms with Crippen molar-refractivity contribution in [1.29, 1.82) is 0 Å². The lowest BCUT2D eigenvalue weighted by atomic mass is 10.0. The van der Waals surface area contributed by atoms with Crippen LogP contribution in [0.25, 0.3) is 0 Å². The number of carbonyl (C=O) groups is 4. The van der Waals surface area contributed by atoms with Gasteiger partial charge in [-0.1, -0.05) is 309 Å². The number of rotatable bonds is 72. The summed E-state index contributed by atoms with van der Waals surface area (Å²) < 4.78 is 68.4. The van der Waals surface area contributed by atoms with E-state index in [1.54, 1.807) is 0 Å². The number of aliphatic hydroxyl groups excluding tert-OH is 1. The Morgan fingerprint density at radius 2 is 0.581 bits per heavy atom. The normalized spacial score (nSPS) is 14.2. The van der Waals surface area contributed by atoms with E-state index in [1.165, 1.54) is 173 Å². The van der Waals surface area contributed by atoms with Crippen LogP contribution >= 0.6 is 15.6 Å². The molecule has 0 aromatic heterocycles. The van der Waals surface area contributed by atoms with Crippen LogP contribution in [0.5, 0.6) is 0 Å². The number of esters is 4. The molecule has 3 N–H and O–H groups in total. The van der Waals surface area contributed by atoms with Gasteiger partial charge in [0.05, 0.1) is 26.4 Å². The first-order chi connectivity index (χ1) is 45.0. The van der Waals surface area contributed by atoms with E-state index >= 15 is 0 Å². The molecule has 5 atom stereocenters. The number of hydrogen-bond acceptors (Lipinski definition) is 15. The minimum Gasteiger partial charge on any atom is -0.462 e. The van der Waals surface area contributed by atoms with Crippen molar-refractivity contribution in [1.82, 2.24) is 0 Å². The Labute approximate surface area is 567 Å². The molecule has 0 fully saturated rings. The molecule has 0 amide bonds. The maximum Gasteiger partial charge on any atom is 0.472 e. The highest BCUT2D eigenvalue weighted by atomic mass is 31.2. The minimum absolute atomic E-state index is 0.0856. The number of aliphatic hydroxyl groups is 1. The monoisotopic (exact) mass is 1360 g/mol. The largest absolute Gasteiger partial charge is 0.472 e. The molecule has 0 spiro atoms. The van der Waals surface area contributed by atoms with Gasteiger partial charge in [0.15, 0.2) is 12.2 Å². The molecule has 0 bridgehead atoms. The van der Waals surface area contributed by atoms with Gasteiger partial charge >= 0.3 is 39.5 Å². The molecule has 0 aliphatic heterocycles. The van der Waals surface area contributed by atoms with E-state index in [0.29, 0.717) is 25.7 Å². The molecule has 0 saturated carbocycles. The van der Waals surface area contributed by atoms with Gasteiger partial charge in [0.2, 0.25) is 0 Å². The first kappa shape index (κ1) is 90.5. The molecule has 548 valence electrons. The zero-order chi connectivity index (χ0) is 68.4. The van der Waals surface area contributed by atoms with E-state index < -0.39 is 97.5 Å². The van der Waals surface area contributed by atoms with Crippen LogP contribution in [0, 0.1) is 5.92 Å². The number of unbranched alkanes of at least 4 members (excludes halogenated alkanes) is 41. The third-order valence-electron chi connectivity index (χ3n) is 16.7. The average molecular weight is 1360 g/mol. The van der Waals surface area contributed by atoms with Crippen LogP contribution in [0.3, 0.4) is 0 Å². The first-order valence-electron chi connectivity index (χ1n) is 38.0. The van der Waals surface area contributed by atoms with Crippen LogP contribution in [0.2, 0.25) is 0 Å². The molecule has 2 unspecified atom stereocenters. The van der Waals surface area contributed by atoms with Crippen molar-refractivity contribution in [3.8, 4) is 0 Å². The highest BCUT2D eigenvalue weighted by Crippen LogP contribution is 2.45. The quantitative estimate of drug-likeness (QED) is 0.0169. The Morgan fingerprint density at radius 3 is 0.882 bits per heavy atom. The maximum absolute atomic E-state index is 13.1. The number of hydrogen-bond donors (Lipinski definition) is 3. The summed E-state index contributed by atoms with van der Waals surface area (Å²) in [5, 5.41) is 10.6. The van der Waals surface area contributed by atoms with Gasteiger partial charge < -0.3 is 33.8 Å². The smallest absolute Gasteiger partial charge is 0.462 e. The Hall–Kier alpha value is -2.46. The second-order valence-corrected chi connectivity index (χ2v) is 29.4. The lowest BCUT2D eigenvalue weighted by molar-refractivity contribution is -0.161. The summed E-state index contributed by atoms with van der Waals surface area (Å²) in [6, 6.07) is 0. The van der Waals surface area contributed by atoms with Crippen LogP contribution < -0.4 is 0 Å². The van der Waals surface area contributed by atoms with E-state index in [1.807, 2.05) is 0 Å². The molecule has 0 heterocycles. The lowest BCUT2D eigenvalue weighted by Gasteiger charge is -2.21. The molecular formula is C74H140O17P2. The van der Waals surface area contributed by atoms with Crippen molar-refractivity contribution in [2.75, 3.05) is 39.6 Å². The molecule has 0 radical (unpaired) electrons. The fraction of sp³-hybridized carbons (Fsp3) is 0.892. The molecule has 19 heteroatoms. The molecule has 93 heavy (non-hydrogen) atoms. The second kappa shape index (κ2) is 66.8. The molecular weight excluding hydrogens is 1220 g/mol. The lowest BCUT2D eigenvalue weighted by Crippen LogP contribution is -2.30. The van der Waals surface area contributed by atoms with E-state index in [-0.39, 0.29) is 25.7 Å². The van der Waals surface area contributed by atoms with Gasteiger partial charge in [0.1, 0.15) is 19.3 Å². The Balaban J connectivity index is 5.29. The van der Waals surface area contributed by atoms with Crippen molar-refractivity contribution in [3.63, 3.8) is 0 Å². The van der Waals surface area contributed by atoms with Gasteiger partial charge in [0, 0.05) is 25.7 Å². The number of phosphoric acid groups is 2. The standard InChI is InChI=1S/C74H140O17P2/c1-6-9-12-15-18-21-24-26-28-30-33-39-44-49-54-59-73(78)90-69(64-85-72(77)58-53-48-43-38-32-29-27-25-22-19-16-13-10-7-2)65-88-92(80,81)86-61-68(75)62-87-93(82,83)89-66-70(63-84-71(76)57-52-47-42-37-31-23-20-17-14-11-8-3)91-74(79)60-55-50-45-40-35-34-36-41-46-51-56-67(4)5/h21,24,26,28,67-70,75H,6-20,22-23,25,27,29-66H2,1-5H3,(H,80,81)(H,82,83)/b24-21-,28-26-/t68-,69-,70-/m1/s1. The van der Waals surface area contributed by atoms with Crippen LogP contribution in [0.15, 0.2) is 24.3 Å². The Bertz CT molecular complexity index is 1880. The van der Waals surface area contributed by atoms with E-state index in [0.717, 1.165) is 109 Å². The SMILES string of the molecule is CCCCCC/C=C\C=C/CCCCCCCC(=O)O[C@H](COC(=O)CCCCCCCCCCCCCCCC)COP(=O)(O)OC[C@@H](O)COP(=O)(O)OC[C@@H](COC(=O)CCCCCCCCCCCCC)OC(=O)CCCCCCCCCCCCC(C)C. The summed E-state index contributed by atoms with van der Waals surface area (Å²) in [6.07, 6.45) is 57.5. The fourth-order valence-corrected chi connectivity index (χ4v) is 12.4. The molecule has 17 nitrogen and oxygen atoms in total. The third-order valence-corrected chi connectivity index (χ3v) is 18.6. The van der Waals surface area contributed by atoms with Crippen molar-refractivity contribution < 1.29 is 80.2 Å². The minimum atomic E-state index is -4.96. The predicted molar refractivity (Wildman–Crippen MR) is 377 cm³/mol. The van der Waals surface area contributed by atoms with Crippen molar-refractivity contribution in [3.05, 3.63) is 24.3 Å². The summed E-state index contributed by atoms with van der Waals surface area (Å²) in [7, 11) is -9.92. The van der Waals surface area contributed by atoms with E-state index in [2.05, 4.69) is 58.9 Å². The number of allylic oxidation sites excluding steroid dienone is 4. The van der Waals surface area contributed by atoms with Gasteiger partial charge in [-0.05, 0) is 57.3 Å². The zero-order valence-electron chi connectivity index (χ0n) is 59.9. The van der Waals surface area contributed by atoms with Crippen LogP contribution in [-0.2, 0) is 65.4 Å². The van der Waals surface area contributed by atoms with Crippen molar-refractivity contribution in [2.24, 2.45) is 5.92 Å². The molecule has 0 rings (SSSR count). The van der Waals surface area contributed by atoms with Gasteiger partial charge in [-0.3, -0.25) is 37.3 Å². The van der Waals surface area contributed by atoms with Gasteiger partial charge in [-0.25, -0.2) is 9.13 Å². The van der Waals surface area contributed by atoms with E-state index in [9.17, 15) is 43.2 Å². The highest BCUT2D eigenvalue weighted by Gasteiger charge is 2.30.